The van der Waals surface area contributed by atoms with Gasteiger partial charge in [-0.15, -0.1) is 12.4 Å². The largest absolute Gasteiger partial charge is 0.317 e. The van der Waals surface area contributed by atoms with E-state index in [2.05, 4.69) is 17.1 Å². The maximum absolute atomic E-state index is 13.7. The van der Waals surface area contributed by atoms with Gasteiger partial charge in [0.05, 0.1) is 0 Å². The van der Waals surface area contributed by atoms with E-state index in [4.69, 9.17) is 11.6 Å². The molecule has 1 heterocycles. The molecule has 0 amide bonds. The number of hydrogen-bond acceptors (Lipinski definition) is 2. The van der Waals surface area contributed by atoms with Gasteiger partial charge in [0.1, 0.15) is 5.82 Å². The first-order valence-corrected chi connectivity index (χ1v) is 7.44. The van der Waals surface area contributed by atoms with E-state index < -0.39 is 0 Å². The summed E-state index contributed by atoms with van der Waals surface area (Å²) in [4.78, 5) is 2.33. The molecule has 114 valence electrons. The van der Waals surface area contributed by atoms with Gasteiger partial charge in [-0.1, -0.05) is 24.6 Å². The highest BCUT2D eigenvalue weighted by atomic mass is 35.5. The van der Waals surface area contributed by atoms with Crippen molar-refractivity contribution in [3.63, 3.8) is 0 Å². The lowest BCUT2D eigenvalue weighted by atomic mass is 9.96. The molecule has 20 heavy (non-hydrogen) atoms. The van der Waals surface area contributed by atoms with E-state index in [0.717, 1.165) is 37.7 Å². The normalized spacial score (nSPS) is 16.9. The summed E-state index contributed by atoms with van der Waals surface area (Å²) in [6.07, 6.45) is 2.39. The van der Waals surface area contributed by atoms with Crippen LogP contribution in [0.2, 0.25) is 5.02 Å². The second kappa shape index (κ2) is 8.83. The highest BCUT2D eigenvalue weighted by Crippen LogP contribution is 2.21. The van der Waals surface area contributed by atoms with Gasteiger partial charge in [-0.3, -0.25) is 4.90 Å². The molecule has 0 aromatic heterocycles. The monoisotopic (exact) mass is 320 g/mol. The number of benzene rings is 1. The fraction of sp³-hybridized carbons (Fsp3) is 0.600. The lowest BCUT2D eigenvalue weighted by Crippen LogP contribution is -2.37. The summed E-state index contributed by atoms with van der Waals surface area (Å²) < 4.78 is 13.7. The Morgan fingerprint density at radius 2 is 2.05 bits per heavy atom. The third-order valence-corrected chi connectivity index (χ3v) is 4.03. The van der Waals surface area contributed by atoms with Gasteiger partial charge >= 0.3 is 0 Å². The molecule has 0 unspecified atom stereocenters. The Balaban J connectivity index is 0.00000200. The Morgan fingerprint density at radius 3 is 2.65 bits per heavy atom. The predicted octanol–water partition coefficient (Wildman–Crippen LogP) is 3.72. The van der Waals surface area contributed by atoms with E-state index >= 15 is 0 Å². The molecule has 5 heteroatoms. The van der Waals surface area contributed by atoms with Crippen molar-refractivity contribution in [2.24, 2.45) is 5.92 Å². The van der Waals surface area contributed by atoms with Crippen LogP contribution in [0.25, 0.3) is 0 Å². The lowest BCUT2D eigenvalue weighted by Gasteiger charge is -2.32. The van der Waals surface area contributed by atoms with Crippen molar-refractivity contribution < 1.29 is 4.39 Å². The molecule has 1 aromatic rings. The van der Waals surface area contributed by atoms with Crippen LogP contribution in [0.3, 0.4) is 0 Å². The molecule has 1 aromatic carbocycles. The Bertz CT molecular complexity index is 407. The van der Waals surface area contributed by atoms with E-state index in [1.165, 1.54) is 18.9 Å². The fourth-order valence-corrected chi connectivity index (χ4v) is 2.75. The van der Waals surface area contributed by atoms with Gasteiger partial charge in [-0.05, 0) is 57.1 Å². The van der Waals surface area contributed by atoms with E-state index in [1.54, 1.807) is 12.1 Å². The molecule has 0 spiro atoms. The second-order valence-electron chi connectivity index (χ2n) is 5.26. The molecule has 0 aliphatic carbocycles. The minimum Gasteiger partial charge on any atom is -0.317 e. The molecule has 1 fully saturated rings. The van der Waals surface area contributed by atoms with Crippen LogP contribution >= 0.6 is 24.0 Å². The molecule has 0 bridgehead atoms. The second-order valence-corrected chi connectivity index (χ2v) is 5.70. The van der Waals surface area contributed by atoms with E-state index in [0.29, 0.717) is 11.6 Å². The summed E-state index contributed by atoms with van der Waals surface area (Å²) in [6, 6.07) is 4.95. The first kappa shape index (κ1) is 17.7. The summed E-state index contributed by atoms with van der Waals surface area (Å²) in [6.45, 7) is 7.08. The quantitative estimate of drug-likeness (QED) is 0.889. The number of nitrogens with one attached hydrogen (secondary N) is 1. The van der Waals surface area contributed by atoms with E-state index in [9.17, 15) is 4.39 Å². The lowest BCUT2D eigenvalue weighted by molar-refractivity contribution is 0.174. The first-order valence-electron chi connectivity index (χ1n) is 7.06. The minimum absolute atomic E-state index is 0. The third-order valence-electron chi connectivity index (χ3n) is 3.80. The summed E-state index contributed by atoms with van der Waals surface area (Å²) in [5.41, 5.74) is 0.745. The zero-order valence-electron chi connectivity index (χ0n) is 11.9. The van der Waals surface area contributed by atoms with Crippen LogP contribution in [0, 0.1) is 11.7 Å². The summed E-state index contributed by atoms with van der Waals surface area (Å²) in [5, 5.41) is 3.87. The van der Waals surface area contributed by atoms with Crippen molar-refractivity contribution >= 4 is 24.0 Å². The molecule has 1 aliphatic rings. The van der Waals surface area contributed by atoms with Crippen molar-refractivity contribution in [3.05, 3.63) is 34.6 Å². The van der Waals surface area contributed by atoms with Crippen molar-refractivity contribution in [1.29, 1.82) is 0 Å². The molecule has 1 saturated heterocycles. The van der Waals surface area contributed by atoms with Crippen molar-refractivity contribution in [2.45, 2.75) is 26.3 Å². The molecular formula is C15H23Cl2FN2. The number of halogens is 3. The van der Waals surface area contributed by atoms with Crippen LogP contribution in [-0.2, 0) is 6.54 Å². The predicted molar refractivity (Wildman–Crippen MR) is 85.2 cm³/mol. The Hall–Kier alpha value is -0.350. The third kappa shape index (κ3) is 5.21. The van der Waals surface area contributed by atoms with Gasteiger partial charge in [0.25, 0.3) is 0 Å². The van der Waals surface area contributed by atoms with E-state index in [-0.39, 0.29) is 18.2 Å². The van der Waals surface area contributed by atoms with Crippen molar-refractivity contribution in [3.8, 4) is 0 Å². The van der Waals surface area contributed by atoms with Crippen LogP contribution in [0.5, 0.6) is 0 Å². The van der Waals surface area contributed by atoms with Crippen LogP contribution in [-0.4, -0.2) is 31.1 Å². The van der Waals surface area contributed by atoms with Crippen molar-refractivity contribution in [2.75, 3.05) is 26.2 Å². The van der Waals surface area contributed by atoms with E-state index in [1.807, 2.05) is 0 Å². The average Bonchev–Trinajstić information content (AvgIpc) is 2.41. The van der Waals surface area contributed by atoms with Gasteiger partial charge in [0, 0.05) is 17.1 Å². The molecule has 0 saturated carbocycles. The molecule has 0 atom stereocenters. The maximum atomic E-state index is 13.7. The SMILES string of the molecule is CCNCC1CCN(Cc2ccc(Cl)cc2F)CC1.Cl. The van der Waals surface area contributed by atoms with Crippen LogP contribution in [0.4, 0.5) is 4.39 Å². The Kier molecular flexibility index (Phi) is 7.82. The summed E-state index contributed by atoms with van der Waals surface area (Å²) in [5.74, 6) is 0.577. The van der Waals surface area contributed by atoms with Gasteiger partial charge in [-0.25, -0.2) is 4.39 Å². The highest BCUT2D eigenvalue weighted by molar-refractivity contribution is 6.30. The van der Waals surface area contributed by atoms with Crippen LogP contribution < -0.4 is 5.32 Å². The minimum atomic E-state index is -0.192. The van der Waals surface area contributed by atoms with Crippen molar-refractivity contribution in [1.82, 2.24) is 10.2 Å². The summed E-state index contributed by atoms with van der Waals surface area (Å²) >= 11 is 5.77. The number of likely N-dealkylation sites (tertiary alicyclic amines) is 1. The Morgan fingerprint density at radius 1 is 1.35 bits per heavy atom. The molecule has 2 nitrogen and oxygen atoms in total. The highest BCUT2D eigenvalue weighted by Gasteiger charge is 2.19. The van der Waals surface area contributed by atoms with Gasteiger partial charge < -0.3 is 5.32 Å². The zero-order chi connectivity index (χ0) is 13.7. The fourth-order valence-electron chi connectivity index (χ4n) is 2.59. The van der Waals surface area contributed by atoms with Gasteiger partial charge in [0.15, 0.2) is 0 Å². The first-order chi connectivity index (χ1) is 9.19. The van der Waals surface area contributed by atoms with Crippen LogP contribution in [0.1, 0.15) is 25.3 Å². The zero-order valence-corrected chi connectivity index (χ0v) is 13.4. The topological polar surface area (TPSA) is 15.3 Å². The number of rotatable bonds is 5. The van der Waals surface area contributed by atoms with Crippen LogP contribution in [0.15, 0.2) is 18.2 Å². The number of hydrogen-bond donors (Lipinski definition) is 1. The smallest absolute Gasteiger partial charge is 0.129 e. The molecule has 0 radical (unpaired) electrons. The van der Waals surface area contributed by atoms with Gasteiger partial charge in [0.2, 0.25) is 0 Å². The standard InChI is InChI=1S/C15H22ClFN2.ClH/c1-2-18-10-12-5-7-19(8-6-12)11-13-3-4-14(16)9-15(13)17;/h3-4,9,12,18H,2,5-8,10-11H2,1H3;1H. The maximum Gasteiger partial charge on any atom is 0.129 e. The number of piperidine rings is 1. The molecular weight excluding hydrogens is 298 g/mol. The Labute approximate surface area is 132 Å². The molecule has 2 rings (SSSR count). The average molecular weight is 321 g/mol. The molecule has 1 aliphatic heterocycles. The molecule has 1 N–H and O–H groups in total. The summed E-state index contributed by atoms with van der Waals surface area (Å²) in [7, 11) is 0. The van der Waals surface area contributed by atoms with Gasteiger partial charge in [-0.2, -0.15) is 0 Å². The number of nitrogens with zero attached hydrogens (tertiary/aromatic N) is 1.